The van der Waals surface area contributed by atoms with Crippen molar-refractivity contribution in [2.75, 3.05) is 66.6 Å². The van der Waals surface area contributed by atoms with Crippen LogP contribution in [0.5, 0.6) is 23.0 Å². The largest absolute Gasteiger partial charge is 1.00 e. The summed E-state index contributed by atoms with van der Waals surface area (Å²) in [7, 11) is 1.68. The Labute approximate surface area is 217 Å². The number of ether oxygens (including phenoxy) is 6. The Kier molecular flexibility index (Phi) is 7.67. The van der Waals surface area contributed by atoms with Crippen LogP contribution in [0.4, 0.5) is 0 Å². The fraction of sp³-hybridized carbons (Fsp3) is 0.444. The molecule has 2 aromatic carbocycles. The van der Waals surface area contributed by atoms with E-state index in [9.17, 15) is 0 Å². The zero-order valence-electron chi connectivity index (χ0n) is 20.5. The second-order valence-corrected chi connectivity index (χ2v) is 8.98. The van der Waals surface area contributed by atoms with Crippen LogP contribution in [0.15, 0.2) is 36.5 Å². The fourth-order valence-corrected chi connectivity index (χ4v) is 5.03. The van der Waals surface area contributed by atoms with Gasteiger partial charge in [-0.25, -0.2) is 0 Å². The van der Waals surface area contributed by atoms with Gasteiger partial charge in [-0.3, -0.25) is 4.90 Å². The second kappa shape index (κ2) is 11.1. The number of aryl methyl sites for hydroxylation is 2. The maximum absolute atomic E-state index is 6.22. The number of hydrogen-bond acceptors (Lipinski definition) is 7. The summed E-state index contributed by atoms with van der Waals surface area (Å²) in [6.45, 7) is 7.35. The average Bonchev–Trinajstić information content (AvgIpc) is 3.36. The summed E-state index contributed by atoms with van der Waals surface area (Å²) in [6.07, 6.45) is 3.11. The molecule has 9 heteroatoms. The van der Waals surface area contributed by atoms with Crippen LogP contribution in [0.25, 0.3) is 22.0 Å². The van der Waals surface area contributed by atoms with Gasteiger partial charge in [0, 0.05) is 32.1 Å². The first-order valence-electron chi connectivity index (χ1n) is 12.3. The van der Waals surface area contributed by atoms with Crippen molar-refractivity contribution in [1.29, 1.82) is 0 Å². The molecule has 0 amide bonds. The van der Waals surface area contributed by atoms with Gasteiger partial charge < -0.3 is 40.8 Å². The standard InChI is InChI=1S/C27H31N2O6.ClH/c1-30-24-3-2-19-14-23-21-16-26-25(34-18-35-26)15-20(21)4-5-29(23)17-22(19)27(24)33-13-12-32-11-8-28-6-9-31-10-7-28;/h2-3,14-17H,4-13,18H2,1H3;1H/q+1;/p-1. The summed E-state index contributed by atoms with van der Waals surface area (Å²) in [5, 5.41) is 2.14. The van der Waals surface area contributed by atoms with Crippen molar-refractivity contribution < 1.29 is 45.4 Å². The van der Waals surface area contributed by atoms with E-state index in [2.05, 4.69) is 39.9 Å². The SMILES string of the molecule is COc1ccc2cc3[n+](cc2c1OCCOCCN1CCOCC1)CCc1cc2c(cc1-3)OCO2.[Cl-]. The van der Waals surface area contributed by atoms with E-state index in [1.165, 1.54) is 16.8 Å². The summed E-state index contributed by atoms with van der Waals surface area (Å²) < 4.78 is 36.6. The van der Waals surface area contributed by atoms with E-state index in [-0.39, 0.29) is 19.2 Å². The van der Waals surface area contributed by atoms with Gasteiger partial charge in [-0.2, -0.15) is 4.57 Å². The third-order valence-corrected chi connectivity index (χ3v) is 6.93. The minimum atomic E-state index is 0. The van der Waals surface area contributed by atoms with E-state index in [0.29, 0.717) is 19.8 Å². The third kappa shape index (κ3) is 4.91. The zero-order valence-corrected chi connectivity index (χ0v) is 21.2. The number of halogens is 1. The Hall–Kier alpha value is -2.78. The molecule has 8 nitrogen and oxygen atoms in total. The van der Waals surface area contributed by atoms with Crippen LogP contribution in [-0.4, -0.2) is 71.5 Å². The topological polar surface area (TPSA) is 62.5 Å². The minimum Gasteiger partial charge on any atom is -1.00 e. The van der Waals surface area contributed by atoms with Gasteiger partial charge in [0.1, 0.15) is 6.61 Å². The van der Waals surface area contributed by atoms with E-state index < -0.39 is 0 Å². The lowest BCUT2D eigenvalue weighted by Crippen LogP contribution is -3.00. The molecule has 0 unspecified atom stereocenters. The number of rotatable bonds is 8. The average molecular weight is 515 g/mol. The van der Waals surface area contributed by atoms with E-state index in [0.717, 1.165) is 79.6 Å². The maximum atomic E-state index is 6.22. The number of fused-ring (bicyclic) bond motifs is 5. The molecule has 36 heavy (non-hydrogen) atoms. The van der Waals surface area contributed by atoms with Crippen molar-refractivity contribution in [3.8, 4) is 34.3 Å². The van der Waals surface area contributed by atoms with Gasteiger partial charge in [-0.05, 0) is 35.2 Å². The molecule has 0 aliphatic carbocycles. The van der Waals surface area contributed by atoms with Crippen LogP contribution in [0.1, 0.15) is 5.56 Å². The third-order valence-electron chi connectivity index (χ3n) is 6.93. The Morgan fingerprint density at radius 3 is 2.67 bits per heavy atom. The molecule has 3 aliphatic heterocycles. The number of methoxy groups -OCH3 is 1. The summed E-state index contributed by atoms with van der Waals surface area (Å²) in [6, 6.07) is 10.5. The number of benzene rings is 2. The molecular formula is C27H31ClN2O6. The van der Waals surface area contributed by atoms with Gasteiger partial charge >= 0.3 is 0 Å². The highest BCUT2D eigenvalue weighted by molar-refractivity contribution is 5.91. The second-order valence-electron chi connectivity index (χ2n) is 8.98. The number of nitrogens with zero attached hydrogens (tertiary/aromatic N) is 2. The maximum Gasteiger partial charge on any atom is 0.231 e. The molecular weight excluding hydrogens is 484 g/mol. The fourth-order valence-electron chi connectivity index (χ4n) is 5.03. The zero-order chi connectivity index (χ0) is 23.6. The Morgan fingerprint density at radius 1 is 1.00 bits per heavy atom. The van der Waals surface area contributed by atoms with Gasteiger partial charge in [-0.15, -0.1) is 0 Å². The molecule has 4 heterocycles. The highest BCUT2D eigenvalue weighted by Gasteiger charge is 2.28. The lowest BCUT2D eigenvalue weighted by Gasteiger charge is -2.26. The quantitative estimate of drug-likeness (QED) is 0.305. The van der Waals surface area contributed by atoms with Crippen LogP contribution in [0.3, 0.4) is 0 Å². The molecule has 0 spiro atoms. The summed E-state index contributed by atoms with van der Waals surface area (Å²) in [4.78, 5) is 2.37. The van der Waals surface area contributed by atoms with Gasteiger partial charge in [0.25, 0.3) is 0 Å². The Bertz CT molecular complexity index is 1230. The molecule has 0 bridgehead atoms. The number of aromatic nitrogens is 1. The molecule has 0 N–H and O–H groups in total. The van der Waals surface area contributed by atoms with E-state index in [4.69, 9.17) is 28.4 Å². The van der Waals surface area contributed by atoms with Crippen LogP contribution in [0.2, 0.25) is 0 Å². The van der Waals surface area contributed by atoms with E-state index in [1.807, 2.05) is 6.07 Å². The molecule has 1 saturated heterocycles. The molecule has 0 saturated carbocycles. The van der Waals surface area contributed by atoms with Crippen molar-refractivity contribution in [2.45, 2.75) is 13.0 Å². The van der Waals surface area contributed by atoms with Crippen LogP contribution in [0, 0.1) is 0 Å². The smallest absolute Gasteiger partial charge is 0.231 e. The molecule has 3 aromatic rings. The number of pyridine rings is 1. The highest BCUT2D eigenvalue weighted by atomic mass is 35.5. The summed E-state index contributed by atoms with van der Waals surface area (Å²) in [5.74, 6) is 3.13. The Balaban J connectivity index is 0.00000267. The first-order chi connectivity index (χ1) is 17.3. The summed E-state index contributed by atoms with van der Waals surface area (Å²) in [5.41, 5.74) is 3.64. The first-order valence-corrected chi connectivity index (χ1v) is 12.3. The van der Waals surface area contributed by atoms with Crippen molar-refractivity contribution in [3.05, 3.63) is 42.1 Å². The molecule has 0 atom stereocenters. The summed E-state index contributed by atoms with van der Waals surface area (Å²) >= 11 is 0. The monoisotopic (exact) mass is 514 g/mol. The van der Waals surface area contributed by atoms with Crippen LogP contribution < -0.4 is 35.9 Å². The van der Waals surface area contributed by atoms with Crippen molar-refractivity contribution >= 4 is 10.8 Å². The minimum absolute atomic E-state index is 0. The molecule has 6 rings (SSSR count). The van der Waals surface area contributed by atoms with Crippen molar-refractivity contribution in [1.82, 2.24) is 4.90 Å². The molecule has 1 fully saturated rings. The highest BCUT2D eigenvalue weighted by Crippen LogP contribution is 2.41. The van der Waals surface area contributed by atoms with E-state index >= 15 is 0 Å². The molecule has 0 radical (unpaired) electrons. The molecule has 3 aliphatic rings. The van der Waals surface area contributed by atoms with Gasteiger partial charge in [0.15, 0.2) is 35.7 Å². The predicted molar refractivity (Wildman–Crippen MR) is 130 cm³/mol. The van der Waals surface area contributed by atoms with Crippen LogP contribution >= 0.6 is 0 Å². The molecule has 1 aromatic heterocycles. The lowest BCUT2D eigenvalue weighted by molar-refractivity contribution is -0.686. The van der Waals surface area contributed by atoms with Gasteiger partial charge in [0.2, 0.25) is 12.5 Å². The van der Waals surface area contributed by atoms with Gasteiger partial charge in [-0.1, -0.05) is 0 Å². The van der Waals surface area contributed by atoms with Crippen molar-refractivity contribution in [2.24, 2.45) is 0 Å². The number of hydrogen-bond donors (Lipinski definition) is 0. The lowest BCUT2D eigenvalue weighted by atomic mass is 9.95. The normalized spacial score (nSPS) is 16.2. The van der Waals surface area contributed by atoms with Gasteiger partial charge in [0.05, 0.1) is 44.5 Å². The Morgan fingerprint density at radius 2 is 1.83 bits per heavy atom. The number of morpholine rings is 1. The predicted octanol–water partition coefficient (Wildman–Crippen LogP) is -0.181. The van der Waals surface area contributed by atoms with Crippen molar-refractivity contribution in [3.63, 3.8) is 0 Å². The first kappa shape index (κ1) is 24.9. The molecule has 192 valence electrons. The van der Waals surface area contributed by atoms with E-state index in [1.54, 1.807) is 7.11 Å². The van der Waals surface area contributed by atoms with Crippen LogP contribution in [-0.2, 0) is 22.4 Å².